The Bertz CT molecular complexity index is 520. The highest BCUT2D eigenvalue weighted by Gasteiger charge is 2.33. The molecule has 3 rings (SSSR count). The molecule has 0 N–H and O–H groups in total. The van der Waals surface area contributed by atoms with Gasteiger partial charge < -0.3 is 9.32 Å². The first-order valence-electron chi connectivity index (χ1n) is 6.96. The summed E-state index contributed by atoms with van der Waals surface area (Å²) in [5, 5.41) is 11.2. The molecule has 0 saturated heterocycles. The van der Waals surface area contributed by atoms with Crippen molar-refractivity contribution in [1.82, 2.24) is 9.80 Å². The fourth-order valence-corrected chi connectivity index (χ4v) is 2.65. The van der Waals surface area contributed by atoms with Crippen molar-refractivity contribution in [3.8, 4) is 0 Å². The first-order valence-corrected chi connectivity index (χ1v) is 6.96. The average molecular weight is 277 g/mol. The fourth-order valence-electron chi connectivity index (χ4n) is 2.65. The molecule has 1 aliphatic heterocycles. The smallest absolute Gasteiger partial charge is 0.278 e. The van der Waals surface area contributed by atoms with Gasteiger partial charge in [-0.3, -0.25) is 15.0 Å². The van der Waals surface area contributed by atoms with E-state index >= 15 is 0 Å². The van der Waals surface area contributed by atoms with Crippen LogP contribution in [0.15, 0.2) is 34.4 Å². The highest BCUT2D eigenvalue weighted by atomic mass is 16.6. The van der Waals surface area contributed by atoms with Crippen LogP contribution in [-0.4, -0.2) is 34.5 Å². The summed E-state index contributed by atoms with van der Waals surface area (Å²) >= 11 is 0. The van der Waals surface area contributed by atoms with Crippen LogP contribution in [0.1, 0.15) is 25.3 Å². The van der Waals surface area contributed by atoms with Crippen LogP contribution in [0.4, 0.5) is 0 Å². The molecule has 20 heavy (non-hydrogen) atoms. The van der Waals surface area contributed by atoms with E-state index in [-0.39, 0.29) is 4.92 Å². The number of allylic oxidation sites excluding steroid dienone is 1. The molecule has 2 aliphatic rings. The number of hydrogen-bond donors (Lipinski definition) is 0. The van der Waals surface area contributed by atoms with E-state index in [1.54, 1.807) is 12.5 Å². The maximum Gasteiger partial charge on any atom is 0.278 e. The van der Waals surface area contributed by atoms with Gasteiger partial charge in [0.25, 0.3) is 5.70 Å². The summed E-state index contributed by atoms with van der Waals surface area (Å²) in [5.41, 5.74) is 2.20. The third-order valence-corrected chi connectivity index (χ3v) is 4.02. The van der Waals surface area contributed by atoms with Crippen molar-refractivity contribution in [3.63, 3.8) is 0 Å². The lowest BCUT2D eigenvalue weighted by Crippen LogP contribution is -2.44. The topological polar surface area (TPSA) is 62.8 Å². The molecule has 1 fully saturated rings. The summed E-state index contributed by atoms with van der Waals surface area (Å²) in [6.45, 7) is 4.64. The zero-order valence-corrected chi connectivity index (χ0v) is 11.6. The SMILES string of the molecule is CC1=C([N+](=O)[O-])CN(Cc2ccoc2)CN1CC1CC1. The van der Waals surface area contributed by atoms with Gasteiger partial charge in [0.05, 0.1) is 36.4 Å². The molecule has 0 aromatic carbocycles. The van der Waals surface area contributed by atoms with Crippen molar-refractivity contribution < 1.29 is 9.34 Å². The number of furan rings is 1. The largest absolute Gasteiger partial charge is 0.472 e. The minimum Gasteiger partial charge on any atom is -0.472 e. The van der Waals surface area contributed by atoms with E-state index in [2.05, 4.69) is 9.80 Å². The van der Waals surface area contributed by atoms with Crippen LogP contribution in [-0.2, 0) is 6.54 Å². The summed E-state index contributed by atoms with van der Waals surface area (Å²) in [4.78, 5) is 15.2. The highest BCUT2D eigenvalue weighted by Crippen LogP contribution is 2.32. The first kappa shape index (κ1) is 13.2. The van der Waals surface area contributed by atoms with Crippen LogP contribution in [0.5, 0.6) is 0 Å². The fraction of sp³-hybridized carbons (Fsp3) is 0.571. The molecule has 0 radical (unpaired) electrons. The van der Waals surface area contributed by atoms with E-state index in [4.69, 9.17) is 4.42 Å². The van der Waals surface area contributed by atoms with Crippen LogP contribution < -0.4 is 0 Å². The van der Waals surface area contributed by atoms with Crippen molar-refractivity contribution in [1.29, 1.82) is 0 Å². The Balaban J connectivity index is 1.75. The Kier molecular flexibility index (Phi) is 3.48. The molecule has 0 spiro atoms. The Morgan fingerprint density at radius 2 is 2.30 bits per heavy atom. The summed E-state index contributed by atoms with van der Waals surface area (Å²) in [6, 6.07) is 1.91. The van der Waals surface area contributed by atoms with Crippen molar-refractivity contribution in [2.45, 2.75) is 26.3 Å². The van der Waals surface area contributed by atoms with Crippen molar-refractivity contribution in [2.24, 2.45) is 5.92 Å². The number of nitro groups is 1. The Hall–Kier alpha value is -1.82. The number of hydrogen-bond acceptors (Lipinski definition) is 5. The van der Waals surface area contributed by atoms with Crippen molar-refractivity contribution in [3.05, 3.63) is 45.7 Å². The Morgan fingerprint density at radius 3 is 2.90 bits per heavy atom. The summed E-state index contributed by atoms with van der Waals surface area (Å²) in [5.74, 6) is 0.715. The van der Waals surface area contributed by atoms with Crippen LogP contribution in [0.25, 0.3) is 0 Å². The van der Waals surface area contributed by atoms with Crippen LogP contribution >= 0.6 is 0 Å². The molecular formula is C14H19N3O3. The molecule has 6 heteroatoms. The quantitative estimate of drug-likeness (QED) is 0.610. The molecule has 6 nitrogen and oxygen atoms in total. The summed E-state index contributed by atoms with van der Waals surface area (Å²) in [6.07, 6.45) is 5.83. The molecule has 1 saturated carbocycles. The van der Waals surface area contributed by atoms with E-state index < -0.39 is 0 Å². The van der Waals surface area contributed by atoms with E-state index in [1.807, 2.05) is 13.0 Å². The van der Waals surface area contributed by atoms with Gasteiger partial charge in [-0.15, -0.1) is 0 Å². The third-order valence-electron chi connectivity index (χ3n) is 4.02. The lowest BCUT2D eigenvalue weighted by molar-refractivity contribution is -0.432. The van der Waals surface area contributed by atoms with Gasteiger partial charge in [0.15, 0.2) is 0 Å². The summed E-state index contributed by atoms with van der Waals surface area (Å²) < 4.78 is 5.07. The lowest BCUT2D eigenvalue weighted by atomic mass is 10.2. The zero-order chi connectivity index (χ0) is 14.1. The van der Waals surface area contributed by atoms with Crippen LogP contribution in [0.3, 0.4) is 0 Å². The van der Waals surface area contributed by atoms with Gasteiger partial charge in [-0.25, -0.2) is 0 Å². The molecule has 0 amide bonds. The molecule has 108 valence electrons. The zero-order valence-electron chi connectivity index (χ0n) is 11.6. The summed E-state index contributed by atoms with van der Waals surface area (Å²) in [7, 11) is 0. The molecule has 0 bridgehead atoms. The molecule has 1 aromatic rings. The lowest BCUT2D eigenvalue weighted by Gasteiger charge is -2.35. The first-order chi connectivity index (χ1) is 9.63. The molecule has 0 unspecified atom stereocenters. The van der Waals surface area contributed by atoms with Gasteiger partial charge in [-0.2, -0.15) is 0 Å². The van der Waals surface area contributed by atoms with Gasteiger partial charge >= 0.3 is 0 Å². The second kappa shape index (κ2) is 5.28. The molecule has 0 atom stereocenters. The predicted molar refractivity (Wildman–Crippen MR) is 73.1 cm³/mol. The maximum absolute atomic E-state index is 11.2. The minimum absolute atomic E-state index is 0.239. The normalized spacial score (nSPS) is 20.6. The predicted octanol–water partition coefficient (Wildman–Crippen LogP) is 2.27. The standard InChI is InChI=1S/C14H19N3O3/c1-11-14(17(18)19)8-15(6-13-4-5-20-9-13)10-16(11)7-12-2-3-12/h4-5,9,12H,2-3,6-8,10H2,1H3. The molecule has 2 heterocycles. The minimum atomic E-state index is -0.239. The van der Waals surface area contributed by atoms with Gasteiger partial charge in [0.2, 0.25) is 0 Å². The second-order valence-electron chi connectivity index (χ2n) is 5.72. The number of rotatable bonds is 5. The van der Waals surface area contributed by atoms with Gasteiger partial charge in [-0.1, -0.05) is 0 Å². The third kappa shape index (κ3) is 2.85. The van der Waals surface area contributed by atoms with Crippen LogP contribution in [0, 0.1) is 16.0 Å². The average Bonchev–Trinajstić information content (AvgIpc) is 3.07. The van der Waals surface area contributed by atoms with E-state index in [9.17, 15) is 10.1 Å². The monoisotopic (exact) mass is 277 g/mol. The highest BCUT2D eigenvalue weighted by molar-refractivity contribution is 5.12. The molecular weight excluding hydrogens is 258 g/mol. The van der Waals surface area contributed by atoms with Crippen molar-refractivity contribution >= 4 is 0 Å². The van der Waals surface area contributed by atoms with Crippen LogP contribution in [0.2, 0.25) is 0 Å². The van der Waals surface area contributed by atoms with E-state index in [0.717, 1.165) is 24.5 Å². The van der Waals surface area contributed by atoms with E-state index in [1.165, 1.54) is 12.8 Å². The maximum atomic E-state index is 11.2. The van der Waals surface area contributed by atoms with Gasteiger partial charge in [-0.05, 0) is 31.7 Å². The second-order valence-corrected chi connectivity index (χ2v) is 5.72. The van der Waals surface area contributed by atoms with E-state index in [0.29, 0.717) is 24.7 Å². The molecule has 1 aliphatic carbocycles. The number of nitrogens with zero attached hydrogens (tertiary/aromatic N) is 3. The van der Waals surface area contributed by atoms with Crippen molar-refractivity contribution in [2.75, 3.05) is 19.8 Å². The molecule has 1 aromatic heterocycles. The Labute approximate surface area is 117 Å². The van der Waals surface area contributed by atoms with Gasteiger partial charge in [0, 0.05) is 18.7 Å². The van der Waals surface area contributed by atoms with Gasteiger partial charge in [0.1, 0.15) is 0 Å². The Morgan fingerprint density at radius 1 is 1.50 bits per heavy atom.